The molecule has 0 fully saturated rings. The van der Waals surface area contributed by atoms with Crippen molar-refractivity contribution in [1.82, 2.24) is 19.9 Å². The zero-order valence-corrected chi connectivity index (χ0v) is 24.2. The van der Waals surface area contributed by atoms with Gasteiger partial charge in [0.25, 0.3) is 0 Å². The minimum atomic E-state index is 0.691. The molecular formula is C40H26N4O. The quantitative estimate of drug-likeness (QED) is 0.196. The van der Waals surface area contributed by atoms with Crippen LogP contribution in [-0.4, -0.2) is 19.9 Å². The Bertz CT molecular complexity index is 2140. The van der Waals surface area contributed by atoms with Crippen LogP contribution in [0.3, 0.4) is 0 Å². The minimum absolute atomic E-state index is 0.691. The number of nitrogens with zero attached hydrogens (tertiary/aromatic N) is 4. The van der Waals surface area contributed by atoms with Crippen molar-refractivity contribution < 1.29 is 4.74 Å². The molecule has 5 heteroatoms. The number of pyridine rings is 4. The van der Waals surface area contributed by atoms with Crippen LogP contribution in [0.15, 0.2) is 158 Å². The molecule has 0 spiro atoms. The molecule has 5 nitrogen and oxygen atoms in total. The van der Waals surface area contributed by atoms with Gasteiger partial charge < -0.3 is 4.74 Å². The Morgan fingerprint density at radius 3 is 1.27 bits per heavy atom. The summed E-state index contributed by atoms with van der Waals surface area (Å²) in [6, 6.07) is 45.0. The molecule has 0 bridgehead atoms. The van der Waals surface area contributed by atoms with E-state index in [-0.39, 0.29) is 0 Å². The Balaban J connectivity index is 1.25. The number of rotatable bonds is 6. The zero-order chi connectivity index (χ0) is 30.0. The van der Waals surface area contributed by atoms with Gasteiger partial charge in [-0.25, -0.2) is 0 Å². The summed E-state index contributed by atoms with van der Waals surface area (Å²) < 4.78 is 6.82. The highest BCUT2D eigenvalue weighted by Crippen LogP contribution is 2.39. The van der Waals surface area contributed by atoms with Gasteiger partial charge in [-0.1, -0.05) is 60.7 Å². The highest BCUT2D eigenvalue weighted by atomic mass is 16.5. The molecule has 0 aliphatic carbocycles. The molecule has 0 saturated carbocycles. The molecule has 0 saturated heterocycles. The summed E-state index contributed by atoms with van der Waals surface area (Å²) >= 11 is 0. The van der Waals surface area contributed by atoms with Crippen molar-refractivity contribution in [3.63, 3.8) is 0 Å². The second-order valence-corrected chi connectivity index (χ2v) is 10.8. The predicted octanol–water partition coefficient (Wildman–Crippen LogP) is 10.0. The SMILES string of the molecule is c1ccc(-c2ccnc(-c3cc(Oc4cc(-c5cc(-c6ccccc6)ccn5)cc5ncccc45)c4cccnc4c3)c2)cc1. The molecule has 0 atom stereocenters. The fourth-order valence-electron chi connectivity index (χ4n) is 5.68. The van der Waals surface area contributed by atoms with Crippen molar-refractivity contribution in [2.45, 2.75) is 0 Å². The Morgan fingerprint density at radius 1 is 0.333 bits per heavy atom. The highest BCUT2D eigenvalue weighted by molar-refractivity contribution is 5.93. The first-order valence-corrected chi connectivity index (χ1v) is 14.8. The molecule has 4 aromatic carbocycles. The van der Waals surface area contributed by atoms with Crippen LogP contribution < -0.4 is 4.74 Å². The number of ether oxygens (including phenoxy) is 1. The molecule has 4 aromatic heterocycles. The monoisotopic (exact) mass is 578 g/mol. The molecule has 0 unspecified atom stereocenters. The summed E-state index contributed by atoms with van der Waals surface area (Å²) in [5.41, 5.74) is 9.65. The molecule has 8 rings (SSSR count). The van der Waals surface area contributed by atoms with Crippen molar-refractivity contribution in [3.8, 4) is 56.3 Å². The Morgan fingerprint density at radius 2 is 0.800 bits per heavy atom. The zero-order valence-electron chi connectivity index (χ0n) is 24.2. The Kier molecular flexibility index (Phi) is 6.74. The lowest BCUT2D eigenvalue weighted by atomic mass is 10.0. The lowest BCUT2D eigenvalue weighted by Gasteiger charge is -2.15. The molecule has 0 aliphatic heterocycles. The topological polar surface area (TPSA) is 60.8 Å². The first-order valence-electron chi connectivity index (χ1n) is 14.8. The third-order valence-electron chi connectivity index (χ3n) is 7.91. The molecule has 45 heavy (non-hydrogen) atoms. The van der Waals surface area contributed by atoms with Crippen LogP contribution in [0, 0.1) is 0 Å². The van der Waals surface area contributed by atoms with E-state index in [0.717, 1.165) is 66.6 Å². The normalized spacial score (nSPS) is 11.1. The molecule has 0 amide bonds. The number of hydrogen-bond acceptors (Lipinski definition) is 5. The fourth-order valence-corrected chi connectivity index (χ4v) is 5.68. The van der Waals surface area contributed by atoms with E-state index in [1.165, 1.54) is 0 Å². The van der Waals surface area contributed by atoms with E-state index in [1.807, 2.05) is 97.3 Å². The lowest BCUT2D eigenvalue weighted by Crippen LogP contribution is -1.94. The van der Waals surface area contributed by atoms with Gasteiger partial charge in [-0.2, -0.15) is 0 Å². The smallest absolute Gasteiger partial charge is 0.137 e. The van der Waals surface area contributed by atoms with Crippen molar-refractivity contribution in [2.75, 3.05) is 0 Å². The van der Waals surface area contributed by atoms with Crippen LogP contribution in [0.5, 0.6) is 11.5 Å². The lowest BCUT2D eigenvalue weighted by molar-refractivity contribution is 0.494. The Hall–Kier alpha value is -6.20. The second kappa shape index (κ2) is 11.5. The molecule has 4 heterocycles. The maximum atomic E-state index is 6.82. The van der Waals surface area contributed by atoms with E-state index >= 15 is 0 Å². The molecule has 8 aromatic rings. The molecular weight excluding hydrogens is 552 g/mol. The van der Waals surface area contributed by atoms with Gasteiger partial charge in [-0.05, 0) is 95.1 Å². The summed E-state index contributed by atoms with van der Waals surface area (Å²) in [6.07, 6.45) is 7.30. The van der Waals surface area contributed by atoms with Gasteiger partial charge in [-0.15, -0.1) is 0 Å². The largest absolute Gasteiger partial charge is 0.456 e. The van der Waals surface area contributed by atoms with Gasteiger partial charge in [-0.3, -0.25) is 19.9 Å². The third-order valence-corrected chi connectivity index (χ3v) is 7.91. The summed E-state index contributed by atoms with van der Waals surface area (Å²) in [6.45, 7) is 0. The van der Waals surface area contributed by atoms with E-state index in [0.29, 0.717) is 11.5 Å². The standard InChI is InChI=1S/C40H26N4O/c1-3-9-27(10-4-1)29-15-19-43-35(21-29)31-23-37-33(13-7-17-41-37)39(25-31)45-40-26-32(24-38-34(40)14-8-18-42-38)36-22-30(16-20-44-36)28-11-5-2-6-12-28/h1-26H. The summed E-state index contributed by atoms with van der Waals surface area (Å²) in [5.74, 6) is 1.38. The van der Waals surface area contributed by atoms with Gasteiger partial charge in [0.15, 0.2) is 0 Å². The van der Waals surface area contributed by atoms with Crippen molar-refractivity contribution >= 4 is 21.8 Å². The maximum absolute atomic E-state index is 6.82. The van der Waals surface area contributed by atoms with Crippen molar-refractivity contribution in [3.05, 3.63) is 158 Å². The van der Waals surface area contributed by atoms with Crippen LogP contribution in [-0.2, 0) is 0 Å². The Labute approximate surface area is 260 Å². The van der Waals surface area contributed by atoms with Crippen LogP contribution >= 0.6 is 0 Å². The summed E-state index contributed by atoms with van der Waals surface area (Å²) in [4.78, 5) is 18.8. The van der Waals surface area contributed by atoms with E-state index in [1.54, 1.807) is 12.4 Å². The number of hydrogen-bond donors (Lipinski definition) is 0. The number of fused-ring (bicyclic) bond motifs is 2. The fraction of sp³-hybridized carbons (Fsp3) is 0. The molecule has 0 radical (unpaired) electrons. The first kappa shape index (κ1) is 26.4. The van der Waals surface area contributed by atoms with E-state index < -0.39 is 0 Å². The van der Waals surface area contributed by atoms with Crippen LogP contribution in [0.25, 0.3) is 66.6 Å². The number of aromatic nitrogens is 4. The maximum Gasteiger partial charge on any atom is 0.137 e. The van der Waals surface area contributed by atoms with E-state index in [9.17, 15) is 0 Å². The average molecular weight is 579 g/mol. The number of benzene rings is 4. The average Bonchev–Trinajstić information content (AvgIpc) is 3.12. The summed E-state index contributed by atoms with van der Waals surface area (Å²) in [5, 5.41) is 1.82. The van der Waals surface area contributed by atoms with Crippen LogP contribution in [0.1, 0.15) is 0 Å². The molecule has 0 N–H and O–H groups in total. The second-order valence-electron chi connectivity index (χ2n) is 10.8. The minimum Gasteiger partial charge on any atom is -0.456 e. The van der Waals surface area contributed by atoms with Crippen molar-refractivity contribution in [2.24, 2.45) is 0 Å². The highest BCUT2D eigenvalue weighted by Gasteiger charge is 2.15. The molecule has 0 aliphatic rings. The summed E-state index contributed by atoms with van der Waals surface area (Å²) in [7, 11) is 0. The van der Waals surface area contributed by atoms with Gasteiger partial charge in [0.1, 0.15) is 11.5 Å². The third kappa shape index (κ3) is 5.28. The van der Waals surface area contributed by atoms with E-state index in [4.69, 9.17) is 14.7 Å². The van der Waals surface area contributed by atoms with Crippen LogP contribution in [0.4, 0.5) is 0 Å². The first-order chi connectivity index (χ1) is 22.3. The van der Waals surface area contributed by atoms with Crippen molar-refractivity contribution in [1.29, 1.82) is 0 Å². The van der Waals surface area contributed by atoms with Gasteiger partial charge >= 0.3 is 0 Å². The molecule has 212 valence electrons. The van der Waals surface area contributed by atoms with Gasteiger partial charge in [0.2, 0.25) is 0 Å². The van der Waals surface area contributed by atoms with Gasteiger partial charge in [0, 0.05) is 46.7 Å². The van der Waals surface area contributed by atoms with E-state index in [2.05, 4.69) is 58.5 Å². The van der Waals surface area contributed by atoms with Gasteiger partial charge in [0.05, 0.1) is 22.4 Å². The predicted molar refractivity (Wildman–Crippen MR) is 181 cm³/mol. The van der Waals surface area contributed by atoms with Crippen LogP contribution in [0.2, 0.25) is 0 Å².